The van der Waals surface area contributed by atoms with Crippen molar-refractivity contribution in [2.45, 2.75) is 6.92 Å². The van der Waals surface area contributed by atoms with Crippen LogP contribution in [0.2, 0.25) is 0 Å². The van der Waals surface area contributed by atoms with E-state index in [2.05, 4.69) is 21.2 Å². The SMILES string of the molecule is COc1ccc(C)cc1Nc1ccc(C(N)=S)c(Br)c1. The fourth-order valence-corrected chi connectivity index (χ4v) is 2.77. The van der Waals surface area contributed by atoms with E-state index < -0.39 is 0 Å². The minimum atomic E-state index is 0.372. The van der Waals surface area contributed by atoms with Crippen molar-refractivity contribution < 1.29 is 4.74 Å². The summed E-state index contributed by atoms with van der Waals surface area (Å²) in [7, 11) is 1.65. The van der Waals surface area contributed by atoms with Crippen LogP contribution in [-0.4, -0.2) is 12.1 Å². The monoisotopic (exact) mass is 350 g/mol. The van der Waals surface area contributed by atoms with Crippen molar-refractivity contribution in [2.24, 2.45) is 5.73 Å². The molecule has 0 amide bonds. The van der Waals surface area contributed by atoms with Crippen molar-refractivity contribution in [1.29, 1.82) is 0 Å². The second-order valence-electron chi connectivity index (χ2n) is 4.39. The van der Waals surface area contributed by atoms with Gasteiger partial charge in [0.1, 0.15) is 10.7 Å². The summed E-state index contributed by atoms with van der Waals surface area (Å²) in [6.45, 7) is 2.04. The van der Waals surface area contributed by atoms with E-state index in [0.717, 1.165) is 32.7 Å². The number of methoxy groups -OCH3 is 1. The highest BCUT2D eigenvalue weighted by molar-refractivity contribution is 9.10. The van der Waals surface area contributed by atoms with Gasteiger partial charge in [-0.2, -0.15) is 0 Å². The molecule has 0 fully saturated rings. The number of thiocarbonyl (C=S) groups is 1. The maximum Gasteiger partial charge on any atom is 0.142 e. The van der Waals surface area contributed by atoms with Crippen LogP contribution >= 0.6 is 28.1 Å². The third-order valence-electron chi connectivity index (χ3n) is 2.87. The molecule has 20 heavy (non-hydrogen) atoms. The predicted octanol–water partition coefficient (Wildman–Crippen LogP) is 4.14. The number of aryl methyl sites for hydroxylation is 1. The quantitative estimate of drug-likeness (QED) is 0.813. The van der Waals surface area contributed by atoms with Gasteiger partial charge in [-0.05, 0) is 58.7 Å². The van der Waals surface area contributed by atoms with E-state index in [0.29, 0.717) is 4.99 Å². The summed E-state index contributed by atoms with van der Waals surface area (Å²) in [4.78, 5) is 0.372. The number of hydrogen-bond donors (Lipinski definition) is 2. The predicted molar refractivity (Wildman–Crippen MR) is 91.0 cm³/mol. The number of benzene rings is 2. The molecule has 0 atom stereocenters. The molecule has 0 aliphatic rings. The second kappa shape index (κ2) is 6.24. The first-order chi connectivity index (χ1) is 9.51. The van der Waals surface area contributed by atoms with Gasteiger partial charge in [0.15, 0.2) is 0 Å². The van der Waals surface area contributed by atoms with Crippen molar-refractivity contribution in [1.82, 2.24) is 0 Å². The van der Waals surface area contributed by atoms with Crippen molar-refractivity contribution in [2.75, 3.05) is 12.4 Å². The number of ether oxygens (including phenoxy) is 1. The number of halogens is 1. The zero-order valence-electron chi connectivity index (χ0n) is 11.2. The maximum absolute atomic E-state index is 5.64. The van der Waals surface area contributed by atoms with Crippen LogP contribution in [0.15, 0.2) is 40.9 Å². The van der Waals surface area contributed by atoms with Crippen LogP contribution < -0.4 is 15.8 Å². The van der Waals surface area contributed by atoms with Crippen LogP contribution in [0.4, 0.5) is 11.4 Å². The average Bonchev–Trinajstić information content (AvgIpc) is 2.38. The molecule has 3 N–H and O–H groups in total. The Hall–Kier alpha value is -1.59. The van der Waals surface area contributed by atoms with E-state index >= 15 is 0 Å². The Bertz CT molecular complexity index is 658. The lowest BCUT2D eigenvalue weighted by Gasteiger charge is -2.13. The van der Waals surface area contributed by atoms with E-state index in [1.54, 1.807) is 7.11 Å². The minimum Gasteiger partial charge on any atom is -0.495 e. The molecule has 0 bridgehead atoms. The molecule has 0 radical (unpaired) electrons. The topological polar surface area (TPSA) is 47.3 Å². The van der Waals surface area contributed by atoms with Gasteiger partial charge in [0.25, 0.3) is 0 Å². The van der Waals surface area contributed by atoms with Crippen LogP contribution in [0.25, 0.3) is 0 Å². The highest BCUT2D eigenvalue weighted by Crippen LogP contribution is 2.30. The number of rotatable bonds is 4. The van der Waals surface area contributed by atoms with E-state index in [4.69, 9.17) is 22.7 Å². The minimum absolute atomic E-state index is 0.372. The summed E-state index contributed by atoms with van der Waals surface area (Å²) < 4.78 is 6.21. The number of anilines is 2. The summed E-state index contributed by atoms with van der Waals surface area (Å²) in [5, 5.41) is 3.33. The lowest BCUT2D eigenvalue weighted by atomic mass is 10.1. The molecule has 2 aromatic carbocycles. The van der Waals surface area contributed by atoms with E-state index in [9.17, 15) is 0 Å². The van der Waals surface area contributed by atoms with E-state index in [1.165, 1.54) is 0 Å². The van der Waals surface area contributed by atoms with E-state index in [1.807, 2.05) is 43.3 Å². The van der Waals surface area contributed by atoms with Crippen molar-refractivity contribution in [3.05, 3.63) is 52.0 Å². The maximum atomic E-state index is 5.64. The number of nitrogens with one attached hydrogen (secondary N) is 1. The Morgan fingerprint density at radius 2 is 2.00 bits per heavy atom. The van der Waals surface area contributed by atoms with Gasteiger partial charge in [-0.1, -0.05) is 18.3 Å². The van der Waals surface area contributed by atoms with Gasteiger partial charge in [-0.25, -0.2) is 0 Å². The Morgan fingerprint density at radius 3 is 2.60 bits per heavy atom. The van der Waals surface area contributed by atoms with Gasteiger partial charge in [0.05, 0.1) is 12.8 Å². The normalized spacial score (nSPS) is 10.2. The van der Waals surface area contributed by atoms with Crippen LogP contribution in [0.5, 0.6) is 5.75 Å². The highest BCUT2D eigenvalue weighted by Gasteiger charge is 2.07. The van der Waals surface area contributed by atoms with Gasteiger partial charge < -0.3 is 15.8 Å². The molecule has 0 aliphatic heterocycles. The summed E-state index contributed by atoms with van der Waals surface area (Å²) in [6, 6.07) is 11.7. The highest BCUT2D eigenvalue weighted by atomic mass is 79.9. The van der Waals surface area contributed by atoms with Gasteiger partial charge in [-0.15, -0.1) is 0 Å². The summed E-state index contributed by atoms with van der Waals surface area (Å²) in [6.07, 6.45) is 0. The van der Waals surface area contributed by atoms with Crippen molar-refractivity contribution >= 4 is 44.5 Å². The first-order valence-electron chi connectivity index (χ1n) is 6.02. The lowest BCUT2D eigenvalue weighted by Crippen LogP contribution is -2.10. The fraction of sp³-hybridized carbons (Fsp3) is 0.133. The molecule has 0 spiro atoms. The summed E-state index contributed by atoms with van der Waals surface area (Å²) in [5.41, 5.74) is 9.47. The Kier molecular flexibility index (Phi) is 4.62. The standard InChI is InChI=1S/C15H15BrN2OS/c1-9-3-6-14(19-2)13(7-9)18-10-4-5-11(15(17)20)12(16)8-10/h3-8,18H,1-2H3,(H2,17,20). The Labute approximate surface area is 132 Å². The molecular weight excluding hydrogens is 336 g/mol. The lowest BCUT2D eigenvalue weighted by molar-refractivity contribution is 0.416. The molecular formula is C15H15BrN2OS. The van der Waals surface area contributed by atoms with Crippen LogP contribution in [-0.2, 0) is 0 Å². The fourth-order valence-electron chi connectivity index (χ4n) is 1.87. The van der Waals surface area contributed by atoms with Gasteiger partial charge in [-0.3, -0.25) is 0 Å². The third-order valence-corrected chi connectivity index (χ3v) is 3.74. The zero-order chi connectivity index (χ0) is 14.7. The molecule has 2 rings (SSSR count). The molecule has 0 unspecified atom stereocenters. The van der Waals surface area contributed by atoms with Gasteiger partial charge in [0.2, 0.25) is 0 Å². The molecule has 0 heterocycles. The first-order valence-corrected chi connectivity index (χ1v) is 7.22. The summed E-state index contributed by atoms with van der Waals surface area (Å²) >= 11 is 8.46. The van der Waals surface area contributed by atoms with E-state index in [-0.39, 0.29) is 0 Å². The van der Waals surface area contributed by atoms with Crippen LogP contribution in [0, 0.1) is 6.92 Å². The molecule has 0 saturated heterocycles. The molecule has 5 heteroatoms. The molecule has 3 nitrogen and oxygen atoms in total. The van der Waals surface area contributed by atoms with Gasteiger partial charge in [0, 0.05) is 15.7 Å². The van der Waals surface area contributed by atoms with Crippen molar-refractivity contribution in [3.63, 3.8) is 0 Å². The second-order valence-corrected chi connectivity index (χ2v) is 5.68. The zero-order valence-corrected chi connectivity index (χ0v) is 13.6. The van der Waals surface area contributed by atoms with Crippen molar-refractivity contribution in [3.8, 4) is 5.75 Å². The number of nitrogens with two attached hydrogens (primary N) is 1. The Morgan fingerprint density at radius 1 is 1.25 bits per heavy atom. The number of hydrogen-bond acceptors (Lipinski definition) is 3. The summed E-state index contributed by atoms with van der Waals surface area (Å²) in [5.74, 6) is 0.796. The molecule has 0 aliphatic carbocycles. The average molecular weight is 351 g/mol. The Balaban J connectivity index is 2.33. The van der Waals surface area contributed by atoms with Gasteiger partial charge >= 0.3 is 0 Å². The molecule has 2 aromatic rings. The molecule has 104 valence electrons. The largest absolute Gasteiger partial charge is 0.495 e. The molecule has 0 aromatic heterocycles. The first kappa shape index (κ1) is 14.8. The smallest absolute Gasteiger partial charge is 0.142 e. The third kappa shape index (κ3) is 3.29. The molecule has 0 saturated carbocycles. The van der Waals surface area contributed by atoms with Crippen LogP contribution in [0.1, 0.15) is 11.1 Å². The van der Waals surface area contributed by atoms with Crippen LogP contribution in [0.3, 0.4) is 0 Å².